The Morgan fingerprint density at radius 2 is 1.91 bits per heavy atom. The zero-order chi connectivity index (χ0) is 21.7. The van der Waals surface area contributed by atoms with Crippen LogP contribution in [0.1, 0.15) is 32.7 Å². The van der Waals surface area contributed by atoms with Crippen molar-refractivity contribution in [1.82, 2.24) is 25.2 Å². The fourth-order valence-corrected chi connectivity index (χ4v) is 4.74. The zero-order valence-corrected chi connectivity index (χ0v) is 19.1. The molecule has 1 aromatic carbocycles. The first kappa shape index (κ1) is 21.4. The Morgan fingerprint density at radius 1 is 1.03 bits per heavy atom. The summed E-state index contributed by atoms with van der Waals surface area (Å²) in [6.45, 7) is 4.48. The number of fused-ring (bicyclic) bond motifs is 3. The molecule has 1 amide bonds. The molecule has 0 radical (unpaired) electrons. The van der Waals surface area contributed by atoms with E-state index < -0.39 is 0 Å². The standard InChI is InChI=1S/C25H24N6O.ClH/c1-15-2-6-22-18(13-28-31(22)14-15)17-4-5-21(24-19(17)12-27-25(24)32)30-23-7-3-16-8-10-26-11-9-20(16)29-23;/h2-7,13-14,26H,8-12H2,1H3,(H,27,32)(H,29,30);1H. The number of nitrogens with zero attached hydrogens (tertiary/aromatic N) is 3. The molecule has 168 valence electrons. The second-order valence-corrected chi connectivity index (χ2v) is 8.47. The zero-order valence-electron chi connectivity index (χ0n) is 18.3. The van der Waals surface area contributed by atoms with Crippen LogP contribution in [0.5, 0.6) is 0 Å². The fraction of sp³-hybridized carbons (Fsp3) is 0.240. The number of amides is 1. The lowest BCUT2D eigenvalue weighted by Gasteiger charge is -2.14. The SMILES string of the molecule is Cc1ccc2c(-c3ccc(Nc4ccc5c(n4)CCNCC5)c4c3CNC4=O)cnn2c1.Cl. The van der Waals surface area contributed by atoms with E-state index in [2.05, 4.69) is 52.2 Å². The maximum atomic E-state index is 12.8. The number of hydrogen-bond acceptors (Lipinski definition) is 5. The summed E-state index contributed by atoms with van der Waals surface area (Å²) in [7, 11) is 0. The van der Waals surface area contributed by atoms with Gasteiger partial charge in [0.2, 0.25) is 0 Å². The number of aryl methyl sites for hydroxylation is 1. The van der Waals surface area contributed by atoms with E-state index in [-0.39, 0.29) is 18.3 Å². The minimum absolute atomic E-state index is 0. The van der Waals surface area contributed by atoms with Gasteiger partial charge in [0.05, 0.1) is 23.0 Å². The quantitative estimate of drug-likeness (QED) is 0.433. The van der Waals surface area contributed by atoms with Crippen molar-refractivity contribution in [2.75, 3.05) is 18.4 Å². The summed E-state index contributed by atoms with van der Waals surface area (Å²) >= 11 is 0. The van der Waals surface area contributed by atoms with Gasteiger partial charge >= 0.3 is 0 Å². The number of nitrogens with one attached hydrogen (secondary N) is 3. The van der Waals surface area contributed by atoms with Crippen LogP contribution in [0.2, 0.25) is 0 Å². The molecular formula is C25H25ClN6O. The van der Waals surface area contributed by atoms with Crippen LogP contribution < -0.4 is 16.0 Å². The average molecular weight is 461 g/mol. The summed E-state index contributed by atoms with van der Waals surface area (Å²) in [6.07, 6.45) is 5.80. The van der Waals surface area contributed by atoms with E-state index in [1.165, 1.54) is 5.56 Å². The van der Waals surface area contributed by atoms with E-state index in [0.29, 0.717) is 12.1 Å². The second-order valence-electron chi connectivity index (χ2n) is 8.47. The number of carbonyl (C=O) groups is 1. The fourth-order valence-electron chi connectivity index (χ4n) is 4.74. The van der Waals surface area contributed by atoms with Crippen molar-refractivity contribution in [3.63, 3.8) is 0 Å². The maximum Gasteiger partial charge on any atom is 0.254 e. The van der Waals surface area contributed by atoms with Gasteiger partial charge in [0.15, 0.2) is 0 Å². The summed E-state index contributed by atoms with van der Waals surface area (Å²) in [5.74, 6) is 0.711. The van der Waals surface area contributed by atoms with E-state index in [1.54, 1.807) is 0 Å². The van der Waals surface area contributed by atoms with Crippen LogP contribution in [0.25, 0.3) is 16.6 Å². The Morgan fingerprint density at radius 3 is 2.82 bits per heavy atom. The van der Waals surface area contributed by atoms with Crippen LogP contribution >= 0.6 is 12.4 Å². The molecule has 8 heteroatoms. The van der Waals surface area contributed by atoms with Gasteiger partial charge in [0.1, 0.15) is 5.82 Å². The molecule has 0 fully saturated rings. The van der Waals surface area contributed by atoms with Gasteiger partial charge in [-0.1, -0.05) is 18.2 Å². The molecule has 33 heavy (non-hydrogen) atoms. The number of rotatable bonds is 3. The molecule has 0 spiro atoms. The van der Waals surface area contributed by atoms with E-state index in [0.717, 1.165) is 70.9 Å². The molecule has 2 aliphatic heterocycles. The molecule has 4 aromatic rings. The smallest absolute Gasteiger partial charge is 0.254 e. The highest BCUT2D eigenvalue weighted by atomic mass is 35.5. The van der Waals surface area contributed by atoms with Crippen molar-refractivity contribution in [1.29, 1.82) is 0 Å². The third-order valence-corrected chi connectivity index (χ3v) is 6.36. The lowest BCUT2D eigenvalue weighted by Crippen LogP contribution is -2.16. The van der Waals surface area contributed by atoms with Gasteiger partial charge in [0, 0.05) is 37.0 Å². The van der Waals surface area contributed by atoms with Crippen LogP contribution in [0.15, 0.2) is 48.8 Å². The number of pyridine rings is 2. The molecule has 0 saturated carbocycles. The monoisotopic (exact) mass is 460 g/mol. The predicted molar refractivity (Wildman–Crippen MR) is 132 cm³/mol. The second kappa shape index (κ2) is 8.50. The first-order valence-corrected chi connectivity index (χ1v) is 11.0. The van der Waals surface area contributed by atoms with Gasteiger partial charge < -0.3 is 16.0 Å². The normalized spacial score (nSPS) is 14.8. The molecule has 3 aromatic heterocycles. The lowest BCUT2D eigenvalue weighted by atomic mass is 9.96. The molecule has 0 unspecified atom stereocenters. The molecular weight excluding hydrogens is 436 g/mol. The maximum absolute atomic E-state index is 12.8. The number of benzene rings is 1. The Labute approximate surface area is 198 Å². The number of anilines is 2. The highest BCUT2D eigenvalue weighted by Crippen LogP contribution is 2.36. The third-order valence-electron chi connectivity index (χ3n) is 6.36. The van der Waals surface area contributed by atoms with Gasteiger partial charge in [-0.3, -0.25) is 4.79 Å². The molecule has 7 nitrogen and oxygen atoms in total. The molecule has 0 aliphatic carbocycles. The Bertz CT molecular complexity index is 1380. The van der Waals surface area contributed by atoms with E-state index in [1.807, 2.05) is 29.0 Å². The van der Waals surface area contributed by atoms with E-state index in [9.17, 15) is 4.79 Å². The van der Waals surface area contributed by atoms with Crippen LogP contribution in [-0.2, 0) is 19.4 Å². The Hall–Kier alpha value is -3.42. The molecule has 3 N–H and O–H groups in total. The van der Waals surface area contributed by atoms with Crippen molar-refractivity contribution < 1.29 is 4.79 Å². The summed E-state index contributed by atoms with van der Waals surface area (Å²) in [5.41, 5.74) is 9.12. The van der Waals surface area contributed by atoms with Crippen LogP contribution in [0.4, 0.5) is 11.5 Å². The molecule has 0 saturated heterocycles. The third kappa shape index (κ3) is 3.73. The highest BCUT2D eigenvalue weighted by Gasteiger charge is 2.27. The predicted octanol–water partition coefficient (Wildman–Crippen LogP) is 3.80. The summed E-state index contributed by atoms with van der Waals surface area (Å²) in [4.78, 5) is 17.6. The van der Waals surface area contributed by atoms with E-state index in [4.69, 9.17) is 4.98 Å². The minimum atomic E-state index is -0.0596. The minimum Gasteiger partial charge on any atom is -0.348 e. The molecule has 2 aliphatic rings. The van der Waals surface area contributed by atoms with Crippen molar-refractivity contribution in [3.05, 3.63) is 76.7 Å². The van der Waals surface area contributed by atoms with Crippen molar-refractivity contribution in [2.24, 2.45) is 0 Å². The van der Waals surface area contributed by atoms with Gasteiger partial charge in [-0.2, -0.15) is 5.10 Å². The number of aromatic nitrogens is 3. The Balaban J connectivity index is 0.00000228. The van der Waals surface area contributed by atoms with Gasteiger partial charge in [0.25, 0.3) is 5.91 Å². The number of halogens is 1. The molecule has 0 bridgehead atoms. The lowest BCUT2D eigenvalue weighted by molar-refractivity contribution is 0.0966. The first-order valence-electron chi connectivity index (χ1n) is 11.0. The highest BCUT2D eigenvalue weighted by molar-refractivity contribution is 6.06. The summed E-state index contributed by atoms with van der Waals surface area (Å²) < 4.78 is 1.89. The van der Waals surface area contributed by atoms with Crippen LogP contribution in [0, 0.1) is 6.92 Å². The summed E-state index contributed by atoms with van der Waals surface area (Å²) in [5, 5.41) is 14.3. The van der Waals surface area contributed by atoms with Crippen LogP contribution in [-0.4, -0.2) is 33.6 Å². The number of hydrogen-bond donors (Lipinski definition) is 3. The Kier molecular flexibility index (Phi) is 5.52. The average Bonchev–Trinajstić information content (AvgIpc) is 3.30. The van der Waals surface area contributed by atoms with E-state index >= 15 is 0 Å². The topological polar surface area (TPSA) is 83.4 Å². The van der Waals surface area contributed by atoms with Crippen molar-refractivity contribution >= 4 is 35.3 Å². The summed E-state index contributed by atoms with van der Waals surface area (Å²) in [6, 6.07) is 12.4. The number of carbonyl (C=O) groups excluding carboxylic acids is 1. The van der Waals surface area contributed by atoms with Gasteiger partial charge in [-0.25, -0.2) is 9.50 Å². The molecule has 5 heterocycles. The largest absolute Gasteiger partial charge is 0.348 e. The van der Waals surface area contributed by atoms with Crippen LogP contribution in [0.3, 0.4) is 0 Å². The molecule has 6 rings (SSSR count). The van der Waals surface area contributed by atoms with Crippen molar-refractivity contribution in [2.45, 2.75) is 26.3 Å². The molecule has 0 atom stereocenters. The van der Waals surface area contributed by atoms with Gasteiger partial charge in [-0.15, -0.1) is 12.4 Å². The first-order chi connectivity index (χ1) is 15.7. The van der Waals surface area contributed by atoms with Gasteiger partial charge in [-0.05, 0) is 60.3 Å². The van der Waals surface area contributed by atoms with Crippen molar-refractivity contribution in [3.8, 4) is 11.1 Å².